The molecule has 3 aromatic heterocycles. The second kappa shape index (κ2) is 7.97. The Morgan fingerprint density at radius 2 is 2.08 bits per heavy atom. The van der Waals surface area contributed by atoms with E-state index in [9.17, 15) is 9.59 Å². The van der Waals surface area contributed by atoms with Gasteiger partial charge in [0.05, 0.1) is 16.1 Å². The first-order valence-corrected chi connectivity index (χ1v) is 9.01. The number of pyridine rings is 1. The number of amides is 2. The predicted molar refractivity (Wildman–Crippen MR) is 100 cm³/mol. The smallest absolute Gasteiger partial charge is 0.291 e. The number of thiophene rings is 1. The molecule has 6 nitrogen and oxygen atoms in total. The number of carbonyl (C=O) groups excluding carboxylic acids is 2. The predicted octanol–water partition coefficient (Wildman–Crippen LogP) is 4.04. The molecule has 0 aliphatic heterocycles. The van der Waals surface area contributed by atoms with Crippen LogP contribution in [-0.4, -0.2) is 27.7 Å². The molecule has 134 valence electrons. The average Bonchev–Trinajstić information content (AvgIpc) is 3.31. The van der Waals surface area contributed by atoms with Crippen LogP contribution in [0, 0.1) is 0 Å². The maximum atomic E-state index is 12.9. The third-order valence-electron chi connectivity index (χ3n) is 3.76. The fourth-order valence-electron chi connectivity index (χ4n) is 2.42. The van der Waals surface area contributed by atoms with Crippen LogP contribution >= 0.6 is 11.3 Å². The standard InChI is InChI=1S/C19H19N3O3S/c1-13(2)22(12-14-5-3-9-20-11-14)19(24)16-7-8-17(26-16)21-18(23)15-6-4-10-25-15/h3-11,13H,12H2,1-2H3,(H,21,23). The molecule has 3 aromatic rings. The molecule has 0 radical (unpaired) electrons. The normalized spacial score (nSPS) is 10.7. The lowest BCUT2D eigenvalue weighted by Gasteiger charge is -2.26. The van der Waals surface area contributed by atoms with Crippen molar-refractivity contribution in [2.45, 2.75) is 26.4 Å². The molecule has 0 atom stereocenters. The zero-order chi connectivity index (χ0) is 18.5. The van der Waals surface area contributed by atoms with E-state index in [4.69, 9.17) is 4.42 Å². The SMILES string of the molecule is CC(C)N(Cc1cccnc1)C(=O)c1ccc(NC(=O)c2ccco2)s1. The Morgan fingerprint density at radius 1 is 1.23 bits per heavy atom. The molecule has 3 rings (SSSR count). The number of nitrogens with zero attached hydrogens (tertiary/aromatic N) is 2. The van der Waals surface area contributed by atoms with Gasteiger partial charge in [-0.2, -0.15) is 0 Å². The van der Waals surface area contributed by atoms with Gasteiger partial charge in [-0.05, 0) is 49.7 Å². The van der Waals surface area contributed by atoms with Crippen LogP contribution in [0.4, 0.5) is 5.00 Å². The highest BCUT2D eigenvalue weighted by Crippen LogP contribution is 2.25. The van der Waals surface area contributed by atoms with Gasteiger partial charge in [0.1, 0.15) is 0 Å². The molecule has 2 amide bonds. The number of aromatic nitrogens is 1. The van der Waals surface area contributed by atoms with Crippen molar-refractivity contribution in [3.8, 4) is 0 Å². The van der Waals surface area contributed by atoms with Gasteiger partial charge in [-0.25, -0.2) is 0 Å². The summed E-state index contributed by atoms with van der Waals surface area (Å²) < 4.78 is 5.07. The van der Waals surface area contributed by atoms with E-state index < -0.39 is 0 Å². The van der Waals surface area contributed by atoms with Crippen molar-refractivity contribution < 1.29 is 14.0 Å². The molecule has 1 N–H and O–H groups in total. The van der Waals surface area contributed by atoms with Crippen molar-refractivity contribution in [3.63, 3.8) is 0 Å². The van der Waals surface area contributed by atoms with E-state index in [1.807, 2.05) is 26.0 Å². The highest BCUT2D eigenvalue weighted by atomic mass is 32.1. The van der Waals surface area contributed by atoms with E-state index in [0.717, 1.165) is 5.56 Å². The Labute approximate surface area is 155 Å². The molecular weight excluding hydrogens is 350 g/mol. The molecule has 0 saturated carbocycles. The summed E-state index contributed by atoms with van der Waals surface area (Å²) in [5.74, 6) is -0.189. The van der Waals surface area contributed by atoms with Crippen molar-refractivity contribution in [3.05, 3.63) is 71.3 Å². The van der Waals surface area contributed by atoms with E-state index in [1.54, 1.807) is 41.6 Å². The summed E-state index contributed by atoms with van der Waals surface area (Å²) in [6, 6.07) is 10.5. The molecule has 26 heavy (non-hydrogen) atoms. The summed E-state index contributed by atoms with van der Waals surface area (Å²) in [4.78, 5) is 31.4. The Hall–Kier alpha value is -2.93. The maximum absolute atomic E-state index is 12.9. The first-order chi connectivity index (χ1) is 12.5. The maximum Gasteiger partial charge on any atom is 0.291 e. The van der Waals surface area contributed by atoms with Crippen LogP contribution in [0.3, 0.4) is 0 Å². The number of hydrogen-bond acceptors (Lipinski definition) is 5. The topological polar surface area (TPSA) is 75.4 Å². The number of rotatable bonds is 6. The number of hydrogen-bond donors (Lipinski definition) is 1. The van der Waals surface area contributed by atoms with Gasteiger partial charge in [-0.3, -0.25) is 14.6 Å². The second-order valence-corrected chi connectivity index (χ2v) is 7.07. The number of carbonyl (C=O) groups is 2. The molecule has 0 aliphatic carbocycles. The largest absolute Gasteiger partial charge is 0.459 e. The van der Waals surface area contributed by atoms with Gasteiger partial charge in [0.25, 0.3) is 11.8 Å². The lowest BCUT2D eigenvalue weighted by molar-refractivity contribution is 0.0695. The van der Waals surface area contributed by atoms with Crippen molar-refractivity contribution in [1.29, 1.82) is 0 Å². The summed E-state index contributed by atoms with van der Waals surface area (Å²) in [5.41, 5.74) is 0.970. The first-order valence-electron chi connectivity index (χ1n) is 8.19. The minimum Gasteiger partial charge on any atom is -0.459 e. The van der Waals surface area contributed by atoms with Gasteiger partial charge in [0.2, 0.25) is 0 Å². The average molecular weight is 369 g/mol. The van der Waals surface area contributed by atoms with Gasteiger partial charge < -0.3 is 14.6 Å². The zero-order valence-corrected chi connectivity index (χ0v) is 15.3. The van der Waals surface area contributed by atoms with Crippen LogP contribution in [0.15, 0.2) is 59.5 Å². The third kappa shape index (κ3) is 4.18. The summed E-state index contributed by atoms with van der Waals surface area (Å²) in [6.07, 6.45) is 4.90. The minimum atomic E-state index is -0.341. The first kappa shape index (κ1) is 17.9. The van der Waals surface area contributed by atoms with Crippen molar-refractivity contribution >= 4 is 28.2 Å². The lowest BCUT2D eigenvalue weighted by Crippen LogP contribution is -2.36. The number of nitrogens with one attached hydrogen (secondary N) is 1. The lowest BCUT2D eigenvalue weighted by atomic mass is 10.2. The molecular formula is C19H19N3O3S. The van der Waals surface area contributed by atoms with Crippen LogP contribution in [-0.2, 0) is 6.54 Å². The molecule has 0 bridgehead atoms. The summed E-state index contributed by atoms with van der Waals surface area (Å²) >= 11 is 1.24. The monoisotopic (exact) mass is 369 g/mol. The summed E-state index contributed by atoms with van der Waals surface area (Å²) in [7, 11) is 0. The molecule has 7 heteroatoms. The van der Waals surface area contributed by atoms with Gasteiger partial charge in [0, 0.05) is 25.0 Å². The molecule has 3 heterocycles. The molecule has 0 aromatic carbocycles. The minimum absolute atomic E-state index is 0.0333. The zero-order valence-electron chi connectivity index (χ0n) is 14.5. The Morgan fingerprint density at radius 3 is 2.73 bits per heavy atom. The van der Waals surface area contributed by atoms with E-state index in [2.05, 4.69) is 10.3 Å². The van der Waals surface area contributed by atoms with Crippen LogP contribution in [0.2, 0.25) is 0 Å². The van der Waals surface area contributed by atoms with E-state index >= 15 is 0 Å². The van der Waals surface area contributed by atoms with Gasteiger partial charge in [-0.15, -0.1) is 11.3 Å². The van der Waals surface area contributed by atoms with Crippen LogP contribution in [0.5, 0.6) is 0 Å². The molecule has 0 unspecified atom stereocenters. The van der Waals surface area contributed by atoms with Crippen LogP contribution in [0.1, 0.15) is 39.6 Å². The highest BCUT2D eigenvalue weighted by molar-refractivity contribution is 7.18. The number of furan rings is 1. The Kier molecular flexibility index (Phi) is 5.48. The van der Waals surface area contributed by atoms with Gasteiger partial charge in [-0.1, -0.05) is 6.07 Å². The molecule has 0 aliphatic rings. The second-order valence-electron chi connectivity index (χ2n) is 5.98. The number of anilines is 1. The quantitative estimate of drug-likeness (QED) is 0.711. The van der Waals surface area contributed by atoms with E-state index in [1.165, 1.54) is 17.6 Å². The fourth-order valence-corrected chi connectivity index (χ4v) is 3.28. The van der Waals surface area contributed by atoms with E-state index in [-0.39, 0.29) is 23.6 Å². The Balaban J connectivity index is 1.72. The fraction of sp³-hybridized carbons (Fsp3) is 0.211. The molecule has 0 spiro atoms. The van der Waals surface area contributed by atoms with Crippen molar-refractivity contribution in [1.82, 2.24) is 9.88 Å². The third-order valence-corrected chi connectivity index (χ3v) is 4.75. The summed E-state index contributed by atoms with van der Waals surface area (Å²) in [6.45, 7) is 4.43. The molecule has 0 fully saturated rings. The summed E-state index contributed by atoms with van der Waals surface area (Å²) in [5, 5.41) is 3.34. The van der Waals surface area contributed by atoms with Crippen LogP contribution < -0.4 is 5.32 Å². The van der Waals surface area contributed by atoms with Crippen LogP contribution in [0.25, 0.3) is 0 Å². The highest BCUT2D eigenvalue weighted by Gasteiger charge is 2.21. The van der Waals surface area contributed by atoms with Gasteiger partial charge in [0.15, 0.2) is 5.76 Å². The molecule has 0 saturated heterocycles. The van der Waals surface area contributed by atoms with Gasteiger partial charge >= 0.3 is 0 Å². The Bertz CT molecular complexity index is 873. The van der Waals surface area contributed by atoms with Crippen molar-refractivity contribution in [2.24, 2.45) is 0 Å². The van der Waals surface area contributed by atoms with Crippen molar-refractivity contribution in [2.75, 3.05) is 5.32 Å². The van der Waals surface area contributed by atoms with E-state index in [0.29, 0.717) is 16.4 Å².